The van der Waals surface area contributed by atoms with Crippen molar-refractivity contribution in [1.29, 1.82) is 0 Å². The number of halogens is 1. The topological polar surface area (TPSA) is 58.6 Å². The first-order valence-corrected chi connectivity index (χ1v) is 10.1. The highest BCUT2D eigenvalue weighted by Crippen LogP contribution is 2.29. The fourth-order valence-electron chi connectivity index (χ4n) is 2.67. The predicted octanol–water partition coefficient (Wildman–Crippen LogP) is 4.61. The Kier molecular flexibility index (Phi) is 8.05. The summed E-state index contributed by atoms with van der Waals surface area (Å²) in [5.41, 5.74) is 2.82. The molecule has 0 bridgehead atoms. The molecule has 1 N–H and O–H groups in total. The van der Waals surface area contributed by atoms with Gasteiger partial charge in [-0.15, -0.1) is 0 Å². The van der Waals surface area contributed by atoms with Crippen LogP contribution in [0.25, 0.3) is 0 Å². The molecule has 150 valence electrons. The van der Waals surface area contributed by atoms with Crippen LogP contribution < -0.4 is 10.1 Å². The Morgan fingerprint density at radius 3 is 2.39 bits per heavy atom. The van der Waals surface area contributed by atoms with E-state index in [1.807, 2.05) is 42.5 Å². The van der Waals surface area contributed by atoms with Crippen LogP contribution in [-0.4, -0.2) is 37.4 Å². The average molecular weight is 447 g/mol. The molecule has 0 radical (unpaired) electrons. The maximum atomic E-state index is 12.2. The number of benzene rings is 2. The number of nitrogens with zero attached hydrogens (tertiary/aromatic N) is 1. The van der Waals surface area contributed by atoms with Gasteiger partial charge in [-0.1, -0.05) is 41.9 Å². The molecule has 0 unspecified atom stereocenters. The van der Waals surface area contributed by atoms with Crippen molar-refractivity contribution in [1.82, 2.24) is 4.90 Å². The minimum absolute atomic E-state index is 0.0551. The first kappa shape index (κ1) is 22.0. The van der Waals surface area contributed by atoms with E-state index in [1.54, 1.807) is 19.0 Å². The summed E-state index contributed by atoms with van der Waals surface area (Å²) < 4.78 is 6.71. The largest absolute Gasteiger partial charge is 0.483 e. The van der Waals surface area contributed by atoms with Crippen LogP contribution in [0.3, 0.4) is 0 Å². The molecule has 0 fully saturated rings. The van der Waals surface area contributed by atoms with Crippen molar-refractivity contribution >= 4 is 33.4 Å². The Morgan fingerprint density at radius 2 is 1.79 bits per heavy atom. The van der Waals surface area contributed by atoms with Gasteiger partial charge in [-0.2, -0.15) is 0 Å². The summed E-state index contributed by atoms with van der Waals surface area (Å²) in [6.07, 6.45) is 1.15. The summed E-state index contributed by atoms with van der Waals surface area (Å²) >= 11 is 3.46. The van der Waals surface area contributed by atoms with Gasteiger partial charge in [-0.05, 0) is 53.8 Å². The number of anilines is 1. The lowest BCUT2D eigenvalue weighted by molar-refractivity contribution is -0.128. The maximum Gasteiger partial charge on any atom is 0.262 e. The molecule has 0 aliphatic heterocycles. The molecule has 0 aromatic heterocycles. The van der Waals surface area contributed by atoms with Crippen LogP contribution >= 0.6 is 15.9 Å². The minimum Gasteiger partial charge on any atom is -0.483 e. The Balaban J connectivity index is 1.87. The number of hydrogen-bond donors (Lipinski definition) is 1. The number of carbonyl (C=O) groups is 2. The molecule has 0 spiro atoms. The van der Waals surface area contributed by atoms with Gasteiger partial charge in [-0.25, -0.2) is 0 Å². The van der Waals surface area contributed by atoms with Crippen molar-refractivity contribution in [3.05, 3.63) is 58.1 Å². The van der Waals surface area contributed by atoms with E-state index in [-0.39, 0.29) is 18.4 Å². The van der Waals surface area contributed by atoms with Gasteiger partial charge in [0, 0.05) is 30.7 Å². The summed E-state index contributed by atoms with van der Waals surface area (Å²) in [6.45, 7) is 4.12. The van der Waals surface area contributed by atoms with E-state index in [9.17, 15) is 9.59 Å². The maximum absolute atomic E-state index is 12.2. The zero-order valence-corrected chi connectivity index (χ0v) is 18.4. The van der Waals surface area contributed by atoms with Gasteiger partial charge in [0.1, 0.15) is 5.75 Å². The highest BCUT2D eigenvalue weighted by Gasteiger charge is 2.11. The molecule has 2 rings (SSSR count). The van der Waals surface area contributed by atoms with Crippen LogP contribution in [0.15, 0.2) is 46.9 Å². The first-order valence-electron chi connectivity index (χ1n) is 9.27. The molecule has 0 aliphatic carbocycles. The van der Waals surface area contributed by atoms with Gasteiger partial charge >= 0.3 is 0 Å². The van der Waals surface area contributed by atoms with Crippen LogP contribution in [0, 0.1) is 0 Å². The molecular weight excluding hydrogens is 420 g/mol. The Hall–Kier alpha value is -2.34. The molecule has 5 nitrogen and oxygen atoms in total. The molecule has 28 heavy (non-hydrogen) atoms. The van der Waals surface area contributed by atoms with E-state index < -0.39 is 0 Å². The second kappa shape index (κ2) is 10.3. The van der Waals surface area contributed by atoms with Gasteiger partial charge in [0.2, 0.25) is 5.91 Å². The number of carbonyl (C=O) groups excluding carboxylic acids is 2. The van der Waals surface area contributed by atoms with Crippen molar-refractivity contribution in [2.24, 2.45) is 0 Å². The Labute approximate surface area is 175 Å². The second-order valence-electron chi connectivity index (χ2n) is 7.16. The SMILES string of the molecule is CC(C)c1cc(Br)ccc1OCC(=O)Nc1ccc(CCC(=O)N(C)C)cc1. The van der Waals surface area contributed by atoms with Crippen molar-refractivity contribution < 1.29 is 14.3 Å². The van der Waals surface area contributed by atoms with Crippen LogP contribution in [0.4, 0.5) is 5.69 Å². The number of rotatable bonds is 8. The lowest BCUT2D eigenvalue weighted by Crippen LogP contribution is -2.21. The van der Waals surface area contributed by atoms with Gasteiger partial charge in [-0.3, -0.25) is 9.59 Å². The summed E-state index contributed by atoms with van der Waals surface area (Å²) in [5.74, 6) is 0.896. The lowest BCUT2D eigenvalue weighted by atomic mass is 10.0. The van der Waals surface area contributed by atoms with Crippen LogP contribution in [0.2, 0.25) is 0 Å². The third kappa shape index (κ3) is 6.68. The quantitative estimate of drug-likeness (QED) is 0.643. The van der Waals surface area contributed by atoms with E-state index in [0.29, 0.717) is 30.2 Å². The molecule has 0 heterocycles. The summed E-state index contributed by atoms with van der Waals surface area (Å²) in [6, 6.07) is 13.3. The molecule has 2 aromatic carbocycles. The fourth-order valence-corrected chi connectivity index (χ4v) is 3.05. The van der Waals surface area contributed by atoms with E-state index in [4.69, 9.17) is 4.74 Å². The van der Waals surface area contributed by atoms with Crippen molar-refractivity contribution in [2.45, 2.75) is 32.6 Å². The summed E-state index contributed by atoms with van der Waals surface area (Å²) in [5, 5.41) is 2.83. The van der Waals surface area contributed by atoms with Crippen LogP contribution in [-0.2, 0) is 16.0 Å². The Morgan fingerprint density at radius 1 is 1.11 bits per heavy atom. The molecular formula is C22H27BrN2O3. The second-order valence-corrected chi connectivity index (χ2v) is 8.07. The number of ether oxygens (including phenoxy) is 1. The normalized spacial score (nSPS) is 10.6. The molecule has 0 aliphatic rings. The number of aryl methyl sites for hydroxylation is 1. The number of nitrogens with one attached hydrogen (secondary N) is 1. The molecule has 0 saturated heterocycles. The van der Waals surface area contributed by atoms with Crippen LogP contribution in [0.5, 0.6) is 5.75 Å². The molecule has 2 aromatic rings. The van der Waals surface area contributed by atoms with Gasteiger partial charge in [0.25, 0.3) is 5.91 Å². The lowest BCUT2D eigenvalue weighted by Gasteiger charge is -2.14. The predicted molar refractivity (Wildman–Crippen MR) is 116 cm³/mol. The smallest absolute Gasteiger partial charge is 0.262 e. The summed E-state index contributed by atoms with van der Waals surface area (Å²) in [4.78, 5) is 25.5. The zero-order chi connectivity index (χ0) is 20.7. The molecule has 0 atom stereocenters. The Bertz CT molecular complexity index is 817. The minimum atomic E-state index is -0.215. The third-order valence-corrected chi connectivity index (χ3v) is 4.81. The third-order valence-electron chi connectivity index (χ3n) is 4.32. The van der Waals surface area contributed by atoms with Gasteiger partial charge in [0.05, 0.1) is 0 Å². The number of hydrogen-bond acceptors (Lipinski definition) is 3. The van der Waals surface area contributed by atoms with E-state index in [0.717, 1.165) is 15.6 Å². The number of amides is 2. The van der Waals surface area contributed by atoms with Gasteiger partial charge in [0.15, 0.2) is 6.61 Å². The zero-order valence-electron chi connectivity index (χ0n) is 16.8. The summed E-state index contributed by atoms with van der Waals surface area (Å²) in [7, 11) is 3.50. The van der Waals surface area contributed by atoms with E-state index >= 15 is 0 Å². The van der Waals surface area contributed by atoms with Crippen molar-refractivity contribution in [3.63, 3.8) is 0 Å². The molecule has 0 saturated carbocycles. The monoisotopic (exact) mass is 446 g/mol. The van der Waals surface area contributed by atoms with Crippen LogP contribution in [0.1, 0.15) is 37.3 Å². The van der Waals surface area contributed by atoms with E-state index in [2.05, 4.69) is 35.1 Å². The fraction of sp³-hybridized carbons (Fsp3) is 0.364. The van der Waals surface area contributed by atoms with Crippen molar-refractivity contribution in [2.75, 3.05) is 26.0 Å². The first-order chi connectivity index (χ1) is 13.3. The molecule has 6 heteroatoms. The average Bonchev–Trinajstić information content (AvgIpc) is 2.66. The van der Waals surface area contributed by atoms with Gasteiger partial charge < -0.3 is 15.0 Å². The standard InChI is InChI=1S/C22H27BrN2O3/c1-15(2)19-13-17(23)8-11-20(19)28-14-21(26)24-18-9-5-16(6-10-18)7-12-22(27)25(3)4/h5-6,8-11,13,15H,7,12,14H2,1-4H3,(H,24,26). The highest BCUT2D eigenvalue weighted by atomic mass is 79.9. The highest BCUT2D eigenvalue weighted by molar-refractivity contribution is 9.10. The van der Waals surface area contributed by atoms with Crippen molar-refractivity contribution in [3.8, 4) is 5.75 Å². The molecule has 2 amide bonds. The van der Waals surface area contributed by atoms with E-state index in [1.165, 1.54) is 0 Å².